The predicted octanol–water partition coefficient (Wildman–Crippen LogP) is 2.03. The first kappa shape index (κ1) is 9.09. The van der Waals surface area contributed by atoms with E-state index in [0.29, 0.717) is 10.6 Å². The summed E-state index contributed by atoms with van der Waals surface area (Å²) in [6.07, 6.45) is 1.67. The van der Waals surface area contributed by atoms with E-state index in [9.17, 15) is 4.79 Å². The van der Waals surface area contributed by atoms with Gasteiger partial charge in [0.1, 0.15) is 0 Å². The van der Waals surface area contributed by atoms with Crippen LogP contribution in [0.3, 0.4) is 0 Å². The van der Waals surface area contributed by atoms with E-state index in [1.165, 1.54) is 4.68 Å². The van der Waals surface area contributed by atoms with Crippen LogP contribution in [0.15, 0.2) is 35.3 Å². The topological polar surface area (TPSA) is 37.8 Å². The van der Waals surface area contributed by atoms with Gasteiger partial charge in [0.15, 0.2) is 0 Å². The van der Waals surface area contributed by atoms with Crippen LogP contribution < -0.4 is 5.56 Å². The molecule has 0 spiro atoms. The van der Waals surface area contributed by atoms with Gasteiger partial charge < -0.3 is 5.10 Å². The van der Waals surface area contributed by atoms with Crippen molar-refractivity contribution >= 4 is 11.6 Å². The second-order valence-corrected chi connectivity index (χ2v) is 3.50. The van der Waals surface area contributed by atoms with E-state index in [4.69, 9.17) is 11.6 Å². The molecule has 1 heterocycles. The molecule has 3 nitrogen and oxygen atoms in total. The van der Waals surface area contributed by atoms with Crippen molar-refractivity contribution in [3.63, 3.8) is 0 Å². The van der Waals surface area contributed by atoms with Crippen LogP contribution in [0.2, 0.25) is 5.02 Å². The molecule has 1 N–H and O–H groups in total. The molecule has 0 fully saturated rings. The zero-order chi connectivity index (χ0) is 10.1. The van der Waals surface area contributed by atoms with E-state index in [0.717, 1.165) is 5.56 Å². The van der Waals surface area contributed by atoms with E-state index >= 15 is 0 Å². The smallest absolute Gasteiger partial charge is 0.274 e. The Labute approximate surface area is 85.9 Å². The average molecular weight is 209 g/mol. The molecule has 2 aromatic rings. The fourth-order valence-electron chi connectivity index (χ4n) is 1.33. The molecule has 0 aliphatic heterocycles. The van der Waals surface area contributed by atoms with Crippen molar-refractivity contribution < 1.29 is 0 Å². The van der Waals surface area contributed by atoms with E-state index in [1.807, 2.05) is 12.1 Å². The van der Waals surface area contributed by atoms with Gasteiger partial charge in [-0.3, -0.25) is 9.48 Å². The van der Waals surface area contributed by atoms with E-state index in [2.05, 4.69) is 5.10 Å². The third-order valence-electron chi connectivity index (χ3n) is 2.07. The summed E-state index contributed by atoms with van der Waals surface area (Å²) < 4.78 is 1.43. The Balaban J connectivity index is 2.60. The molecule has 0 amide bonds. The van der Waals surface area contributed by atoms with E-state index in [1.54, 1.807) is 25.4 Å². The van der Waals surface area contributed by atoms with Crippen molar-refractivity contribution in [1.29, 1.82) is 0 Å². The summed E-state index contributed by atoms with van der Waals surface area (Å²) in [6, 6.07) is 7.23. The van der Waals surface area contributed by atoms with Crippen LogP contribution in [-0.2, 0) is 7.05 Å². The predicted molar refractivity (Wildman–Crippen MR) is 56.5 cm³/mol. The number of nitrogens with zero attached hydrogens (tertiary/aromatic N) is 1. The summed E-state index contributed by atoms with van der Waals surface area (Å²) in [4.78, 5) is 11.6. The summed E-state index contributed by atoms with van der Waals surface area (Å²) in [5, 5.41) is 3.45. The van der Waals surface area contributed by atoms with Crippen LogP contribution in [0.4, 0.5) is 0 Å². The zero-order valence-electron chi connectivity index (χ0n) is 7.62. The van der Waals surface area contributed by atoms with Crippen molar-refractivity contribution in [3.8, 4) is 11.1 Å². The first-order valence-electron chi connectivity index (χ1n) is 4.19. The Bertz CT molecular complexity index is 513. The molecular formula is C10H9ClN2O. The molecule has 14 heavy (non-hydrogen) atoms. The van der Waals surface area contributed by atoms with Gasteiger partial charge in [-0.25, -0.2) is 0 Å². The van der Waals surface area contributed by atoms with Gasteiger partial charge in [-0.05, 0) is 17.7 Å². The van der Waals surface area contributed by atoms with Crippen molar-refractivity contribution in [2.75, 3.05) is 0 Å². The first-order valence-corrected chi connectivity index (χ1v) is 4.56. The molecule has 0 aliphatic carbocycles. The molecular weight excluding hydrogens is 200 g/mol. The van der Waals surface area contributed by atoms with Gasteiger partial charge in [-0.1, -0.05) is 23.7 Å². The van der Waals surface area contributed by atoms with Crippen molar-refractivity contribution in [2.24, 2.45) is 7.05 Å². The molecule has 72 valence electrons. The highest BCUT2D eigenvalue weighted by molar-refractivity contribution is 6.30. The van der Waals surface area contributed by atoms with Crippen LogP contribution >= 0.6 is 11.6 Å². The normalized spacial score (nSPS) is 10.4. The fourth-order valence-corrected chi connectivity index (χ4v) is 1.52. The molecule has 4 heteroatoms. The van der Waals surface area contributed by atoms with Crippen LogP contribution in [0.1, 0.15) is 0 Å². The highest BCUT2D eigenvalue weighted by Gasteiger charge is 2.05. The summed E-state index contributed by atoms with van der Waals surface area (Å²) in [7, 11) is 1.68. The van der Waals surface area contributed by atoms with Crippen molar-refractivity contribution in [3.05, 3.63) is 45.8 Å². The SMILES string of the molecule is Cn1[nH]cc(-c2cccc(Cl)c2)c1=O. The lowest BCUT2D eigenvalue weighted by molar-refractivity contribution is 0.740. The van der Waals surface area contributed by atoms with Gasteiger partial charge in [-0.2, -0.15) is 0 Å². The van der Waals surface area contributed by atoms with Gasteiger partial charge in [0.2, 0.25) is 0 Å². The Morgan fingerprint density at radius 2 is 2.21 bits per heavy atom. The Morgan fingerprint density at radius 3 is 2.79 bits per heavy atom. The number of aromatic nitrogens is 2. The molecule has 0 atom stereocenters. The van der Waals surface area contributed by atoms with Gasteiger partial charge in [0, 0.05) is 18.3 Å². The van der Waals surface area contributed by atoms with Gasteiger partial charge in [0.05, 0.1) is 5.56 Å². The second kappa shape index (κ2) is 3.35. The molecule has 1 aromatic heterocycles. The maximum absolute atomic E-state index is 11.6. The Hall–Kier alpha value is -1.48. The van der Waals surface area contributed by atoms with Crippen LogP contribution in [0.25, 0.3) is 11.1 Å². The second-order valence-electron chi connectivity index (χ2n) is 3.06. The molecule has 2 rings (SSSR count). The number of H-pyrrole nitrogens is 1. The lowest BCUT2D eigenvalue weighted by atomic mass is 10.1. The largest absolute Gasteiger partial charge is 0.303 e. The fraction of sp³-hybridized carbons (Fsp3) is 0.100. The number of aryl methyl sites for hydroxylation is 1. The molecule has 0 radical (unpaired) electrons. The lowest BCUT2D eigenvalue weighted by Gasteiger charge is -1.95. The lowest BCUT2D eigenvalue weighted by Crippen LogP contribution is -2.12. The maximum Gasteiger partial charge on any atom is 0.274 e. The van der Waals surface area contributed by atoms with Gasteiger partial charge in [-0.15, -0.1) is 0 Å². The Morgan fingerprint density at radius 1 is 1.43 bits per heavy atom. The minimum atomic E-state index is -0.0488. The van der Waals surface area contributed by atoms with Crippen molar-refractivity contribution in [2.45, 2.75) is 0 Å². The number of halogens is 1. The summed E-state index contributed by atoms with van der Waals surface area (Å²) in [6.45, 7) is 0. The number of hydrogen-bond acceptors (Lipinski definition) is 1. The molecule has 0 unspecified atom stereocenters. The van der Waals surface area contributed by atoms with Crippen LogP contribution in [0.5, 0.6) is 0 Å². The van der Waals surface area contributed by atoms with Gasteiger partial charge >= 0.3 is 0 Å². The minimum Gasteiger partial charge on any atom is -0.303 e. The molecule has 0 saturated heterocycles. The molecule has 0 aliphatic rings. The maximum atomic E-state index is 11.6. The van der Waals surface area contributed by atoms with Crippen LogP contribution in [-0.4, -0.2) is 9.78 Å². The molecule has 0 saturated carbocycles. The first-order chi connectivity index (χ1) is 6.68. The summed E-state index contributed by atoms with van der Waals surface area (Å²) >= 11 is 5.83. The monoisotopic (exact) mass is 208 g/mol. The number of rotatable bonds is 1. The molecule has 0 bridgehead atoms. The van der Waals surface area contributed by atoms with E-state index < -0.39 is 0 Å². The number of nitrogens with one attached hydrogen (secondary N) is 1. The highest BCUT2D eigenvalue weighted by Crippen LogP contribution is 2.18. The summed E-state index contributed by atoms with van der Waals surface area (Å²) in [5.41, 5.74) is 1.42. The number of hydrogen-bond donors (Lipinski definition) is 1. The number of benzene rings is 1. The minimum absolute atomic E-state index is 0.0488. The number of aromatic amines is 1. The van der Waals surface area contributed by atoms with Crippen LogP contribution in [0, 0.1) is 0 Å². The third kappa shape index (κ3) is 1.46. The quantitative estimate of drug-likeness (QED) is 0.765. The van der Waals surface area contributed by atoms with Crippen molar-refractivity contribution in [1.82, 2.24) is 9.78 Å². The highest BCUT2D eigenvalue weighted by atomic mass is 35.5. The molecule has 1 aromatic carbocycles. The van der Waals surface area contributed by atoms with E-state index in [-0.39, 0.29) is 5.56 Å². The summed E-state index contributed by atoms with van der Waals surface area (Å²) in [5.74, 6) is 0. The van der Waals surface area contributed by atoms with Gasteiger partial charge in [0.25, 0.3) is 5.56 Å². The third-order valence-corrected chi connectivity index (χ3v) is 2.31. The standard InChI is InChI=1S/C10H9ClN2O/c1-13-10(14)9(6-12-13)7-3-2-4-8(11)5-7/h2-6,12H,1H3. The Kier molecular flexibility index (Phi) is 2.17. The zero-order valence-corrected chi connectivity index (χ0v) is 8.38. The average Bonchev–Trinajstić information content (AvgIpc) is 2.48.